The Bertz CT molecular complexity index is 738. The number of rotatable bonds is 2. The average molecular weight is 250 g/mol. The zero-order chi connectivity index (χ0) is 13.2. The topological polar surface area (TPSA) is 56.2 Å². The van der Waals surface area contributed by atoms with Gasteiger partial charge in [0.15, 0.2) is 11.5 Å². The zero-order valence-corrected chi connectivity index (χ0v) is 10.6. The molecule has 2 N–H and O–H groups in total. The minimum Gasteiger partial charge on any atom is -0.398 e. The summed E-state index contributed by atoms with van der Waals surface area (Å²) in [7, 11) is 0. The highest BCUT2D eigenvalue weighted by Gasteiger charge is 2.01. The normalized spacial score (nSPS) is 11.4. The largest absolute Gasteiger partial charge is 0.398 e. The maximum absolute atomic E-state index is 5.78. The number of hydrogen-bond acceptors (Lipinski definition) is 3. The molecule has 94 valence electrons. The molecule has 3 rings (SSSR count). The summed E-state index contributed by atoms with van der Waals surface area (Å²) >= 11 is 0. The van der Waals surface area contributed by atoms with Crippen molar-refractivity contribution in [3.63, 3.8) is 0 Å². The van der Waals surface area contributed by atoms with Crippen molar-refractivity contribution < 1.29 is 0 Å². The predicted octanol–water partition coefficient (Wildman–Crippen LogP) is 2.79. The van der Waals surface area contributed by atoms with E-state index in [0.29, 0.717) is 5.69 Å². The summed E-state index contributed by atoms with van der Waals surface area (Å²) in [6.07, 6.45) is 5.77. The zero-order valence-electron chi connectivity index (χ0n) is 10.6. The van der Waals surface area contributed by atoms with Gasteiger partial charge in [0.2, 0.25) is 0 Å². The summed E-state index contributed by atoms with van der Waals surface area (Å²) in [5, 5.41) is 8.23. The number of nitrogen functional groups attached to an aromatic ring is 1. The second-order valence-corrected chi connectivity index (χ2v) is 4.49. The van der Waals surface area contributed by atoms with Gasteiger partial charge in [-0.3, -0.25) is 4.40 Å². The fourth-order valence-corrected chi connectivity index (χ4v) is 1.89. The van der Waals surface area contributed by atoms with E-state index in [9.17, 15) is 0 Å². The minimum atomic E-state index is 0.692. The Balaban J connectivity index is 1.96. The second kappa shape index (κ2) is 4.57. The molecule has 0 spiro atoms. The SMILES string of the molecule is Cc1ccc(/C=C/c2nnc3ccc(N)cn23)cc1. The molecule has 2 heterocycles. The van der Waals surface area contributed by atoms with Crippen molar-refractivity contribution in [2.24, 2.45) is 0 Å². The van der Waals surface area contributed by atoms with E-state index in [1.54, 1.807) is 0 Å². The summed E-state index contributed by atoms with van der Waals surface area (Å²) in [6.45, 7) is 2.07. The van der Waals surface area contributed by atoms with Crippen molar-refractivity contribution in [3.05, 3.63) is 59.5 Å². The summed E-state index contributed by atoms with van der Waals surface area (Å²) in [6, 6.07) is 12.0. The van der Waals surface area contributed by atoms with Crippen molar-refractivity contribution in [3.8, 4) is 0 Å². The van der Waals surface area contributed by atoms with Gasteiger partial charge in [-0.25, -0.2) is 0 Å². The van der Waals surface area contributed by atoms with E-state index in [-0.39, 0.29) is 0 Å². The number of benzene rings is 1. The van der Waals surface area contributed by atoms with Gasteiger partial charge in [-0.15, -0.1) is 10.2 Å². The molecule has 0 bridgehead atoms. The molecule has 19 heavy (non-hydrogen) atoms. The van der Waals surface area contributed by atoms with E-state index < -0.39 is 0 Å². The quantitative estimate of drug-likeness (QED) is 0.760. The van der Waals surface area contributed by atoms with Crippen LogP contribution in [-0.4, -0.2) is 14.6 Å². The van der Waals surface area contributed by atoms with Gasteiger partial charge in [-0.1, -0.05) is 35.9 Å². The Morgan fingerprint density at radius 3 is 2.58 bits per heavy atom. The minimum absolute atomic E-state index is 0.692. The van der Waals surface area contributed by atoms with Crippen molar-refractivity contribution in [1.29, 1.82) is 0 Å². The molecule has 0 saturated heterocycles. The fourth-order valence-electron chi connectivity index (χ4n) is 1.89. The molecule has 3 aromatic rings. The summed E-state index contributed by atoms with van der Waals surface area (Å²) in [5.41, 5.74) is 9.64. The number of nitrogens with two attached hydrogens (primary N) is 1. The summed E-state index contributed by atoms with van der Waals surface area (Å²) < 4.78 is 1.88. The van der Waals surface area contributed by atoms with Crippen LogP contribution in [0.4, 0.5) is 5.69 Å². The molecule has 0 aliphatic rings. The van der Waals surface area contributed by atoms with Crippen LogP contribution in [0.3, 0.4) is 0 Å². The Morgan fingerprint density at radius 2 is 1.79 bits per heavy atom. The molecular formula is C15H14N4. The highest BCUT2D eigenvalue weighted by atomic mass is 15.2. The second-order valence-electron chi connectivity index (χ2n) is 4.49. The van der Waals surface area contributed by atoms with Gasteiger partial charge in [0.05, 0.1) is 0 Å². The van der Waals surface area contributed by atoms with Gasteiger partial charge in [-0.05, 0) is 30.7 Å². The number of nitrogens with zero attached hydrogens (tertiary/aromatic N) is 3. The molecule has 0 unspecified atom stereocenters. The lowest BCUT2D eigenvalue weighted by molar-refractivity contribution is 1.08. The molecule has 0 atom stereocenters. The molecule has 0 saturated carbocycles. The molecule has 0 radical (unpaired) electrons. The van der Waals surface area contributed by atoms with Crippen LogP contribution in [0.2, 0.25) is 0 Å². The number of aromatic nitrogens is 3. The first-order valence-electron chi connectivity index (χ1n) is 6.07. The molecule has 1 aromatic carbocycles. The van der Waals surface area contributed by atoms with E-state index in [1.807, 2.05) is 34.9 Å². The number of pyridine rings is 1. The Kier molecular flexibility index (Phi) is 2.76. The fraction of sp³-hybridized carbons (Fsp3) is 0.0667. The van der Waals surface area contributed by atoms with Crippen LogP contribution in [0.25, 0.3) is 17.8 Å². The van der Waals surface area contributed by atoms with Gasteiger partial charge < -0.3 is 5.73 Å². The van der Waals surface area contributed by atoms with E-state index in [2.05, 4.69) is 41.4 Å². The van der Waals surface area contributed by atoms with E-state index in [4.69, 9.17) is 5.73 Å². The van der Waals surface area contributed by atoms with E-state index in [1.165, 1.54) is 5.56 Å². The van der Waals surface area contributed by atoms with Crippen LogP contribution in [0.15, 0.2) is 42.6 Å². The summed E-state index contributed by atoms with van der Waals surface area (Å²) in [5.74, 6) is 0.767. The average Bonchev–Trinajstić information content (AvgIpc) is 2.80. The molecule has 0 fully saturated rings. The van der Waals surface area contributed by atoms with Crippen molar-refractivity contribution in [2.75, 3.05) is 5.73 Å². The Morgan fingerprint density at radius 1 is 1.00 bits per heavy atom. The van der Waals surface area contributed by atoms with Crippen molar-refractivity contribution in [2.45, 2.75) is 6.92 Å². The van der Waals surface area contributed by atoms with Crippen LogP contribution < -0.4 is 5.73 Å². The third-order valence-electron chi connectivity index (χ3n) is 2.95. The lowest BCUT2D eigenvalue weighted by atomic mass is 10.1. The van der Waals surface area contributed by atoms with Gasteiger partial charge in [0.25, 0.3) is 0 Å². The maximum atomic E-state index is 5.78. The van der Waals surface area contributed by atoms with Gasteiger partial charge in [0.1, 0.15) is 0 Å². The Labute approximate surface area is 111 Å². The van der Waals surface area contributed by atoms with Gasteiger partial charge in [-0.2, -0.15) is 0 Å². The molecular weight excluding hydrogens is 236 g/mol. The van der Waals surface area contributed by atoms with Crippen LogP contribution in [0.1, 0.15) is 17.0 Å². The van der Waals surface area contributed by atoms with Crippen molar-refractivity contribution >= 4 is 23.5 Å². The van der Waals surface area contributed by atoms with Crippen LogP contribution >= 0.6 is 0 Å². The number of hydrogen-bond donors (Lipinski definition) is 1. The smallest absolute Gasteiger partial charge is 0.161 e. The maximum Gasteiger partial charge on any atom is 0.161 e. The van der Waals surface area contributed by atoms with Crippen molar-refractivity contribution in [1.82, 2.24) is 14.6 Å². The van der Waals surface area contributed by atoms with Crippen LogP contribution in [0, 0.1) is 6.92 Å². The lowest BCUT2D eigenvalue weighted by Gasteiger charge is -1.97. The molecule has 4 heteroatoms. The third-order valence-corrected chi connectivity index (χ3v) is 2.95. The van der Waals surface area contributed by atoms with E-state index in [0.717, 1.165) is 17.0 Å². The molecule has 0 aliphatic heterocycles. The predicted molar refractivity (Wildman–Crippen MR) is 77.5 cm³/mol. The third kappa shape index (κ3) is 2.33. The summed E-state index contributed by atoms with van der Waals surface area (Å²) in [4.78, 5) is 0. The van der Waals surface area contributed by atoms with E-state index >= 15 is 0 Å². The molecule has 2 aromatic heterocycles. The highest BCUT2D eigenvalue weighted by molar-refractivity contribution is 5.68. The van der Waals surface area contributed by atoms with Crippen LogP contribution in [-0.2, 0) is 0 Å². The first kappa shape index (κ1) is 11.5. The number of fused-ring (bicyclic) bond motifs is 1. The van der Waals surface area contributed by atoms with Gasteiger partial charge >= 0.3 is 0 Å². The lowest BCUT2D eigenvalue weighted by Crippen LogP contribution is -1.92. The van der Waals surface area contributed by atoms with Crippen LogP contribution in [0.5, 0.6) is 0 Å². The number of anilines is 1. The standard InChI is InChI=1S/C15H14N4/c1-11-2-4-12(5-3-11)6-8-14-17-18-15-9-7-13(16)10-19(14)15/h2-10H,16H2,1H3/b8-6+. The first-order valence-corrected chi connectivity index (χ1v) is 6.07. The molecule has 4 nitrogen and oxygen atoms in total. The number of aryl methyl sites for hydroxylation is 1. The molecule has 0 aliphatic carbocycles. The van der Waals surface area contributed by atoms with Gasteiger partial charge in [0, 0.05) is 11.9 Å². The monoisotopic (exact) mass is 250 g/mol. The first-order chi connectivity index (χ1) is 9.22. The molecule has 0 amide bonds. The Hall–Kier alpha value is -2.62. The highest BCUT2D eigenvalue weighted by Crippen LogP contribution is 2.11.